The second-order valence-electron chi connectivity index (χ2n) is 7.19. The highest BCUT2D eigenvalue weighted by molar-refractivity contribution is 5.88. The summed E-state index contributed by atoms with van der Waals surface area (Å²) < 4.78 is 0. The summed E-state index contributed by atoms with van der Waals surface area (Å²) in [6, 6.07) is 0. The number of carbonyl (C=O) groups excluding carboxylic acids is 3. The van der Waals surface area contributed by atoms with E-state index in [-0.39, 0.29) is 63.8 Å². The highest BCUT2D eigenvalue weighted by atomic mass is 16.3. The zero-order valence-electron chi connectivity index (χ0n) is 18.3. The van der Waals surface area contributed by atoms with Gasteiger partial charge in [-0.2, -0.15) is 0 Å². The van der Waals surface area contributed by atoms with Gasteiger partial charge in [0.15, 0.2) is 0 Å². The molecule has 1 aliphatic heterocycles. The third-order valence-electron chi connectivity index (χ3n) is 5.23. The molecule has 1 fully saturated rings. The number of hydrogen-bond donors (Lipinski definition) is 2. The molecule has 10 heteroatoms. The fourth-order valence-corrected chi connectivity index (χ4v) is 3.30. The Bertz CT molecular complexity index is 536. The van der Waals surface area contributed by atoms with E-state index in [1.807, 2.05) is 23.6 Å². The maximum absolute atomic E-state index is 12.7. The van der Waals surface area contributed by atoms with Gasteiger partial charge in [-0.05, 0) is 19.2 Å². The molecule has 172 valence electrons. The van der Waals surface area contributed by atoms with E-state index in [2.05, 4.69) is 6.58 Å². The maximum atomic E-state index is 12.7. The first kappa shape index (κ1) is 26.0. The van der Waals surface area contributed by atoms with Crippen LogP contribution in [0.3, 0.4) is 0 Å². The van der Waals surface area contributed by atoms with Crippen molar-refractivity contribution in [2.45, 2.75) is 26.7 Å². The molecule has 3 amide bonds. The lowest BCUT2D eigenvalue weighted by Crippen LogP contribution is -2.59. The van der Waals surface area contributed by atoms with Gasteiger partial charge in [-0.1, -0.05) is 20.4 Å². The zero-order chi connectivity index (χ0) is 22.5. The monoisotopic (exact) mass is 427 g/mol. The van der Waals surface area contributed by atoms with Gasteiger partial charge >= 0.3 is 0 Å². The van der Waals surface area contributed by atoms with E-state index in [1.165, 1.54) is 20.8 Å². The first-order chi connectivity index (χ1) is 14.4. The fraction of sp³-hybridized carbons (Fsp3) is 0.750. The molecule has 1 heterocycles. The second kappa shape index (κ2) is 14.1. The maximum Gasteiger partial charge on any atom is 0.248 e. The minimum atomic E-state index is -0.337. The molecule has 0 aliphatic carbocycles. The van der Waals surface area contributed by atoms with Gasteiger partial charge in [-0.15, -0.1) is 0 Å². The molecule has 1 saturated heterocycles. The number of aliphatic hydroxyl groups excluding tert-OH is 2. The number of rotatable bonds is 13. The van der Waals surface area contributed by atoms with E-state index in [0.29, 0.717) is 26.2 Å². The number of aliphatic hydroxyl groups is 2. The summed E-state index contributed by atoms with van der Waals surface area (Å²) in [6.45, 7) is 11.3. The van der Waals surface area contributed by atoms with Gasteiger partial charge in [0, 0.05) is 39.0 Å². The Morgan fingerprint density at radius 1 is 0.800 bits per heavy atom. The van der Waals surface area contributed by atoms with Gasteiger partial charge in [0.25, 0.3) is 0 Å². The van der Waals surface area contributed by atoms with Crippen LogP contribution in [0.15, 0.2) is 12.7 Å². The summed E-state index contributed by atoms with van der Waals surface area (Å²) in [4.78, 5) is 46.0. The minimum Gasteiger partial charge on any atom is -0.395 e. The van der Waals surface area contributed by atoms with E-state index in [9.17, 15) is 14.4 Å². The molecule has 0 aromatic heterocycles. The van der Waals surface area contributed by atoms with E-state index in [0.717, 1.165) is 13.1 Å². The van der Waals surface area contributed by atoms with Crippen LogP contribution in [0.5, 0.6) is 0 Å². The Kier molecular flexibility index (Phi) is 12.2. The quantitative estimate of drug-likeness (QED) is 0.361. The van der Waals surface area contributed by atoms with Crippen molar-refractivity contribution in [3.8, 4) is 0 Å². The molecule has 0 aromatic rings. The van der Waals surface area contributed by atoms with Gasteiger partial charge in [0.05, 0.1) is 33.2 Å². The summed E-state index contributed by atoms with van der Waals surface area (Å²) in [7, 11) is 0. The van der Waals surface area contributed by atoms with E-state index < -0.39 is 0 Å². The minimum absolute atomic E-state index is 0.0285. The van der Waals surface area contributed by atoms with Crippen LogP contribution in [0.2, 0.25) is 0 Å². The number of likely N-dealkylation sites (N-methyl/N-ethyl adjacent to an activating group) is 2. The predicted octanol–water partition coefficient (Wildman–Crippen LogP) is -1.05. The van der Waals surface area contributed by atoms with Gasteiger partial charge in [0.2, 0.25) is 17.7 Å². The Hall–Kier alpha value is -2.01. The second-order valence-corrected chi connectivity index (χ2v) is 7.19. The van der Waals surface area contributed by atoms with Crippen LogP contribution in [-0.4, -0.2) is 125 Å². The first-order valence-electron chi connectivity index (χ1n) is 10.5. The summed E-state index contributed by atoms with van der Waals surface area (Å²) in [5.41, 5.74) is 0. The molecule has 1 rings (SSSR count). The molecule has 0 atom stereocenters. The highest BCUT2D eigenvalue weighted by Crippen LogP contribution is 2.12. The molecule has 10 nitrogen and oxygen atoms in total. The van der Waals surface area contributed by atoms with E-state index in [4.69, 9.17) is 10.2 Å². The molecule has 0 radical (unpaired) electrons. The Morgan fingerprint density at radius 2 is 1.20 bits per heavy atom. The van der Waals surface area contributed by atoms with Crippen molar-refractivity contribution in [1.29, 1.82) is 0 Å². The van der Waals surface area contributed by atoms with Crippen molar-refractivity contribution in [1.82, 2.24) is 24.5 Å². The van der Waals surface area contributed by atoms with Gasteiger partial charge in [0.1, 0.15) is 0 Å². The van der Waals surface area contributed by atoms with Crippen molar-refractivity contribution in [3.05, 3.63) is 12.7 Å². The van der Waals surface area contributed by atoms with Crippen molar-refractivity contribution < 1.29 is 24.6 Å². The fourth-order valence-electron chi connectivity index (χ4n) is 3.30. The van der Waals surface area contributed by atoms with Crippen LogP contribution in [0.25, 0.3) is 0 Å². The van der Waals surface area contributed by atoms with Gasteiger partial charge in [-0.3, -0.25) is 14.4 Å². The molecular formula is C20H37N5O5. The van der Waals surface area contributed by atoms with Crippen molar-refractivity contribution >= 4 is 17.7 Å². The Morgan fingerprint density at radius 3 is 1.53 bits per heavy atom. The summed E-state index contributed by atoms with van der Waals surface area (Å²) in [5.74, 6) is -0.640. The lowest BCUT2D eigenvalue weighted by atomic mass is 10.3. The Labute approximate surface area is 179 Å². The van der Waals surface area contributed by atoms with Crippen molar-refractivity contribution in [2.75, 3.05) is 72.5 Å². The van der Waals surface area contributed by atoms with Crippen molar-refractivity contribution in [2.24, 2.45) is 0 Å². The smallest absolute Gasteiger partial charge is 0.248 e. The average Bonchev–Trinajstić information content (AvgIpc) is 2.77. The molecule has 0 saturated carbocycles. The van der Waals surface area contributed by atoms with Gasteiger partial charge < -0.3 is 34.7 Å². The van der Waals surface area contributed by atoms with Crippen LogP contribution < -0.4 is 0 Å². The summed E-state index contributed by atoms with van der Waals surface area (Å²) in [6.07, 6.45) is 1.66. The highest BCUT2D eigenvalue weighted by Gasteiger charge is 2.31. The van der Waals surface area contributed by atoms with Crippen LogP contribution in [0.4, 0.5) is 0 Å². The third-order valence-corrected chi connectivity index (χ3v) is 5.23. The van der Waals surface area contributed by atoms with Crippen LogP contribution >= 0.6 is 0 Å². The molecule has 1 aliphatic rings. The van der Waals surface area contributed by atoms with Gasteiger partial charge in [-0.25, -0.2) is 0 Å². The topological polar surface area (TPSA) is 108 Å². The molecule has 0 aromatic carbocycles. The normalized spacial score (nSPS) is 14.5. The molecule has 2 N–H and O–H groups in total. The molecule has 0 spiro atoms. The number of hydrogen-bond acceptors (Lipinski definition) is 7. The standard InChI is InChI=1S/C20H37N5O5/c1-4-18(28)23-15-24(19(29)7-9-21(5-2)11-13-26)17-25(16-23)20(30)8-10-22(6-3)12-14-27/h4,26-27H,1,5-17H2,2-3H3. The van der Waals surface area contributed by atoms with Crippen molar-refractivity contribution in [3.63, 3.8) is 0 Å². The van der Waals surface area contributed by atoms with Crippen LogP contribution in [0.1, 0.15) is 26.7 Å². The summed E-state index contributed by atoms with van der Waals surface area (Å²) >= 11 is 0. The lowest BCUT2D eigenvalue weighted by molar-refractivity contribution is -0.157. The number of amides is 3. The van der Waals surface area contributed by atoms with E-state index in [1.54, 1.807) is 0 Å². The zero-order valence-corrected chi connectivity index (χ0v) is 18.3. The largest absolute Gasteiger partial charge is 0.395 e. The SMILES string of the molecule is C=CC(=O)N1CN(C(=O)CCN(CC)CCO)CN(C(=O)CCN(CC)CCO)C1. The molecule has 30 heavy (non-hydrogen) atoms. The first-order valence-corrected chi connectivity index (χ1v) is 10.5. The number of carbonyl (C=O) groups is 3. The third kappa shape index (κ3) is 8.39. The molecular weight excluding hydrogens is 390 g/mol. The molecule has 0 bridgehead atoms. The molecule has 0 unspecified atom stereocenters. The summed E-state index contributed by atoms with van der Waals surface area (Å²) in [5, 5.41) is 18.2. The number of nitrogens with zero attached hydrogens (tertiary/aromatic N) is 5. The predicted molar refractivity (Wildman–Crippen MR) is 113 cm³/mol. The lowest BCUT2D eigenvalue weighted by Gasteiger charge is -2.42. The van der Waals surface area contributed by atoms with Crippen LogP contribution in [0, 0.1) is 0 Å². The van der Waals surface area contributed by atoms with E-state index >= 15 is 0 Å². The van der Waals surface area contributed by atoms with Crippen LogP contribution in [-0.2, 0) is 14.4 Å². The average molecular weight is 428 g/mol. The Balaban J connectivity index is 2.75.